The number of aromatic nitrogens is 1. The molecular weight excluding hydrogens is 262 g/mol. The highest BCUT2D eigenvalue weighted by atomic mass is 16.7. The molecule has 0 fully saturated rings. The molecule has 6 heteroatoms. The number of carbonyl (C=O) groups is 2. The molecule has 1 N–H and O–H groups in total. The largest absolute Gasteiger partial charge is 0.478 e. The predicted molar refractivity (Wildman–Crippen MR) is 67.2 cm³/mol. The van der Waals surface area contributed by atoms with Crippen LogP contribution in [0.15, 0.2) is 36.5 Å². The number of pyridine rings is 1. The van der Waals surface area contributed by atoms with Crippen LogP contribution in [0.1, 0.15) is 26.4 Å². The summed E-state index contributed by atoms with van der Waals surface area (Å²) in [7, 11) is 0. The molecule has 6 nitrogen and oxygen atoms in total. The van der Waals surface area contributed by atoms with E-state index in [1.165, 1.54) is 18.3 Å². The van der Waals surface area contributed by atoms with Crippen LogP contribution < -0.4 is 9.47 Å². The van der Waals surface area contributed by atoms with Crippen molar-refractivity contribution in [2.24, 2.45) is 0 Å². The first kappa shape index (κ1) is 12.2. The third-order valence-electron chi connectivity index (χ3n) is 2.89. The number of ether oxygens (including phenoxy) is 2. The standard InChI is InChI=1S/C14H9NO5/c16-12(11-8(14(17)18)4-2-6-15-11)9-3-1-5-10-13(9)20-7-19-10/h1-6H,7H2,(H,17,18). The fraction of sp³-hybridized carbons (Fsp3) is 0.0714. The second-order valence-corrected chi connectivity index (χ2v) is 4.07. The topological polar surface area (TPSA) is 85.7 Å². The summed E-state index contributed by atoms with van der Waals surface area (Å²) in [5.41, 5.74) is -0.0286. The van der Waals surface area contributed by atoms with Crippen LogP contribution in [0.2, 0.25) is 0 Å². The number of carbonyl (C=O) groups excluding carboxylic acids is 1. The summed E-state index contributed by atoms with van der Waals surface area (Å²) < 4.78 is 10.4. The van der Waals surface area contributed by atoms with Gasteiger partial charge in [0, 0.05) is 6.20 Å². The highest BCUT2D eigenvalue weighted by molar-refractivity contribution is 6.14. The Morgan fingerprint density at radius 2 is 1.90 bits per heavy atom. The van der Waals surface area contributed by atoms with Crippen molar-refractivity contribution in [2.45, 2.75) is 0 Å². The van der Waals surface area contributed by atoms with Gasteiger partial charge in [0.15, 0.2) is 11.5 Å². The van der Waals surface area contributed by atoms with Gasteiger partial charge < -0.3 is 14.6 Å². The van der Waals surface area contributed by atoms with Crippen LogP contribution in [0.4, 0.5) is 0 Å². The van der Waals surface area contributed by atoms with Gasteiger partial charge in [0.2, 0.25) is 12.6 Å². The third-order valence-corrected chi connectivity index (χ3v) is 2.89. The molecule has 0 saturated heterocycles. The molecule has 1 aromatic carbocycles. The van der Waals surface area contributed by atoms with Gasteiger partial charge in [-0.05, 0) is 24.3 Å². The zero-order valence-electron chi connectivity index (χ0n) is 10.2. The number of benzene rings is 1. The van der Waals surface area contributed by atoms with Crippen molar-refractivity contribution >= 4 is 11.8 Å². The molecule has 2 heterocycles. The fourth-order valence-corrected chi connectivity index (χ4v) is 2.00. The van der Waals surface area contributed by atoms with Crippen LogP contribution in [0.25, 0.3) is 0 Å². The minimum atomic E-state index is -1.20. The van der Waals surface area contributed by atoms with Crippen LogP contribution in [0, 0.1) is 0 Å². The van der Waals surface area contributed by atoms with E-state index in [0.29, 0.717) is 11.5 Å². The molecule has 1 aliphatic rings. The Morgan fingerprint density at radius 3 is 2.70 bits per heavy atom. The monoisotopic (exact) mass is 271 g/mol. The van der Waals surface area contributed by atoms with Crippen LogP contribution >= 0.6 is 0 Å². The van der Waals surface area contributed by atoms with E-state index < -0.39 is 11.8 Å². The Bertz CT molecular complexity index is 710. The average molecular weight is 271 g/mol. The van der Waals surface area contributed by atoms with Crippen LogP contribution in [0.5, 0.6) is 11.5 Å². The number of hydrogen-bond donors (Lipinski definition) is 1. The molecule has 3 rings (SSSR count). The van der Waals surface area contributed by atoms with E-state index in [9.17, 15) is 9.59 Å². The summed E-state index contributed by atoms with van der Waals surface area (Å²) >= 11 is 0. The summed E-state index contributed by atoms with van der Waals surface area (Å²) in [5, 5.41) is 9.11. The van der Waals surface area contributed by atoms with E-state index in [1.54, 1.807) is 18.2 Å². The summed E-state index contributed by atoms with van der Waals surface area (Å²) in [4.78, 5) is 27.5. The lowest BCUT2D eigenvalue weighted by molar-refractivity contribution is 0.0692. The maximum atomic E-state index is 12.5. The van der Waals surface area contributed by atoms with E-state index in [-0.39, 0.29) is 23.6 Å². The highest BCUT2D eigenvalue weighted by Gasteiger charge is 2.26. The molecule has 1 aromatic heterocycles. The Labute approximate surface area is 113 Å². The van der Waals surface area contributed by atoms with E-state index in [1.807, 2.05) is 0 Å². The van der Waals surface area contributed by atoms with Gasteiger partial charge >= 0.3 is 5.97 Å². The zero-order chi connectivity index (χ0) is 14.1. The van der Waals surface area contributed by atoms with Gasteiger partial charge in [0.1, 0.15) is 5.69 Å². The van der Waals surface area contributed by atoms with Gasteiger partial charge in [-0.25, -0.2) is 4.79 Å². The van der Waals surface area contributed by atoms with Gasteiger partial charge in [-0.2, -0.15) is 0 Å². The molecular formula is C14H9NO5. The molecule has 20 heavy (non-hydrogen) atoms. The van der Waals surface area contributed by atoms with Crippen molar-refractivity contribution in [1.29, 1.82) is 0 Å². The molecule has 100 valence electrons. The Balaban J connectivity index is 2.11. The van der Waals surface area contributed by atoms with Gasteiger partial charge in [0.25, 0.3) is 0 Å². The van der Waals surface area contributed by atoms with Crippen molar-refractivity contribution in [2.75, 3.05) is 6.79 Å². The Morgan fingerprint density at radius 1 is 1.10 bits per heavy atom. The van der Waals surface area contributed by atoms with Crippen LogP contribution in [-0.4, -0.2) is 28.6 Å². The molecule has 0 spiro atoms. The van der Waals surface area contributed by atoms with Crippen LogP contribution in [-0.2, 0) is 0 Å². The lowest BCUT2D eigenvalue weighted by Crippen LogP contribution is -2.12. The zero-order valence-corrected chi connectivity index (χ0v) is 10.2. The van der Waals surface area contributed by atoms with Crippen molar-refractivity contribution in [3.8, 4) is 11.5 Å². The Kier molecular flexibility index (Phi) is 2.83. The summed E-state index contributed by atoms with van der Waals surface area (Å²) in [6, 6.07) is 7.67. The number of rotatable bonds is 3. The summed E-state index contributed by atoms with van der Waals surface area (Å²) in [6.45, 7) is 0.0353. The molecule has 2 aromatic rings. The first-order valence-corrected chi connectivity index (χ1v) is 5.80. The smallest absolute Gasteiger partial charge is 0.338 e. The minimum absolute atomic E-state index is 0.0353. The molecule has 0 amide bonds. The molecule has 0 radical (unpaired) electrons. The van der Waals surface area contributed by atoms with E-state index in [2.05, 4.69) is 4.98 Å². The molecule has 0 aliphatic carbocycles. The number of nitrogens with zero attached hydrogens (tertiary/aromatic N) is 1. The third kappa shape index (κ3) is 1.87. The molecule has 1 aliphatic heterocycles. The van der Waals surface area contributed by atoms with Gasteiger partial charge in [-0.1, -0.05) is 6.07 Å². The Hall–Kier alpha value is -2.89. The molecule has 0 bridgehead atoms. The normalized spacial score (nSPS) is 12.2. The van der Waals surface area contributed by atoms with Gasteiger partial charge in [0.05, 0.1) is 11.1 Å². The number of fused-ring (bicyclic) bond motifs is 1. The quantitative estimate of drug-likeness (QED) is 0.856. The number of carboxylic acids is 1. The number of para-hydroxylation sites is 1. The van der Waals surface area contributed by atoms with Crippen molar-refractivity contribution < 1.29 is 24.2 Å². The van der Waals surface area contributed by atoms with Crippen LogP contribution in [0.3, 0.4) is 0 Å². The number of carboxylic acid groups (broad SMARTS) is 1. The maximum Gasteiger partial charge on any atom is 0.338 e. The number of aromatic carboxylic acids is 1. The van der Waals surface area contributed by atoms with Gasteiger partial charge in [-0.3, -0.25) is 9.78 Å². The second-order valence-electron chi connectivity index (χ2n) is 4.07. The molecule has 0 unspecified atom stereocenters. The first-order chi connectivity index (χ1) is 9.68. The number of hydrogen-bond acceptors (Lipinski definition) is 5. The SMILES string of the molecule is O=C(O)c1cccnc1C(=O)c1cccc2c1OCO2. The minimum Gasteiger partial charge on any atom is -0.478 e. The highest BCUT2D eigenvalue weighted by Crippen LogP contribution is 2.36. The van der Waals surface area contributed by atoms with E-state index in [0.717, 1.165) is 0 Å². The van der Waals surface area contributed by atoms with Crippen molar-refractivity contribution in [1.82, 2.24) is 4.98 Å². The maximum absolute atomic E-state index is 12.5. The fourth-order valence-electron chi connectivity index (χ4n) is 2.00. The molecule has 0 atom stereocenters. The lowest BCUT2D eigenvalue weighted by atomic mass is 10.0. The predicted octanol–water partition coefficient (Wildman–Crippen LogP) is 1.74. The molecule has 0 saturated carbocycles. The summed E-state index contributed by atoms with van der Waals surface area (Å²) in [5.74, 6) is -0.931. The lowest BCUT2D eigenvalue weighted by Gasteiger charge is -2.06. The van der Waals surface area contributed by atoms with Crippen molar-refractivity contribution in [3.05, 3.63) is 53.3 Å². The second kappa shape index (κ2) is 4.65. The average Bonchev–Trinajstić information content (AvgIpc) is 2.94. The van der Waals surface area contributed by atoms with E-state index >= 15 is 0 Å². The van der Waals surface area contributed by atoms with E-state index in [4.69, 9.17) is 14.6 Å². The first-order valence-electron chi connectivity index (χ1n) is 5.80. The van der Waals surface area contributed by atoms with Gasteiger partial charge in [-0.15, -0.1) is 0 Å². The van der Waals surface area contributed by atoms with Crippen molar-refractivity contribution in [3.63, 3.8) is 0 Å². The number of ketones is 1. The summed E-state index contributed by atoms with van der Waals surface area (Å²) in [6.07, 6.45) is 1.38.